The number of halogens is 1. The van der Waals surface area contributed by atoms with E-state index in [9.17, 15) is 0 Å². The number of nitrogens with zero attached hydrogens (tertiary/aromatic N) is 1. The van der Waals surface area contributed by atoms with Crippen LogP contribution >= 0.6 is 11.6 Å². The van der Waals surface area contributed by atoms with Gasteiger partial charge >= 0.3 is 0 Å². The van der Waals surface area contributed by atoms with Crippen molar-refractivity contribution in [1.82, 2.24) is 4.98 Å². The van der Waals surface area contributed by atoms with Crippen LogP contribution in [0.25, 0.3) is 0 Å². The molecule has 100 valence electrons. The van der Waals surface area contributed by atoms with Crippen LogP contribution in [0.4, 0.5) is 0 Å². The maximum absolute atomic E-state index is 5.92. The first kappa shape index (κ1) is 13.9. The summed E-state index contributed by atoms with van der Waals surface area (Å²) in [5, 5.41) is 0. The molecule has 0 unspecified atom stereocenters. The van der Waals surface area contributed by atoms with Gasteiger partial charge in [0.1, 0.15) is 5.75 Å². The van der Waals surface area contributed by atoms with E-state index in [4.69, 9.17) is 16.3 Å². The molecule has 0 spiro atoms. The molecule has 0 N–H and O–H groups in total. The van der Waals surface area contributed by atoms with Crippen molar-refractivity contribution in [3.63, 3.8) is 0 Å². The van der Waals surface area contributed by atoms with Crippen LogP contribution in [-0.4, -0.2) is 4.98 Å². The van der Waals surface area contributed by atoms with Crippen molar-refractivity contribution < 1.29 is 4.74 Å². The second-order valence-corrected chi connectivity index (χ2v) is 5.21. The Hall–Kier alpha value is -1.54. The summed E-state index contributed by atoms with van der Waals surface area (Å²) in [6, 6.07) is 11.8. The molecule has 19 heavy (non-hydrogen) atoms. The minimum absolute atomic E-state index is 0.350. The zero-order valence-electron chi connectivity index (χ0n) is 11.5. The molecule has 0 amide bonds. The van der Waals surface area contributed by atoms with Gasteiger partial charge in [-0.1, -0.05) is 26.0 Å². The minimum atomic E-state index is 0.350. The lowest BCUT2D eigenvalue weighted by Gasteiger charge is -2.11. The molecule has 1 aromatic carbocycles. The molecule has 2 rings (SSSR count). The summed E-state index contributed by atoms with van der Waals surface area (Å²) >= 11 is 5.92. The molecule has 0 saturated carbocycles. The molecule has 0 saturated heterocycles. The van der Waals surface area contributed by atoms with E-state index in [2.05, 4.69) is 18.8 Å². The zero-order valence-corrected chi connectivity index (χ0v) is 12.2. The second-order valence-electron chi connectivity index (χ2n) is 4.95. The number of rotatable bonds is 4. The first-order chi connectivity index (χ1) is 9.08. The molecule has 0 fully saturated rings. The molecule has 0 radical (unpaired) electrons. The number of aryl methyl sites for hydroxylation is 1. The number of hydrogen-bond donors (Lipinski definition) is 0. The average molecular weight is 276 g/mol. The molecule has 0 aliphatic carbocycles. The standard InChI is InChI=1S/C16H18ClNO/c1-11(2)15-8-13(10-17)9-16(18-15)19-14-6-4-5-12(3)7-14/h4-9,11H,10H2,1-3H3. The predicted molar refractivity (Wildman–Crippen MR) is 79.1 cm³/mol. The molecule has 0 bridgehead atoms. The van der Waals surface area contributed by atoms with Crippen molar-refractivity contribution in [3.8, 4) is 11.6 Å². The van der Waals surface area contributed by atoms with Gasteiger partial charge in [0.25, 0.3) is 0 Å². The number of hydrogen-bond acceptors (Lipinski definition) is 2. The Morgan fingerprint density at radius 3 is 2.63 bits per heavy atom. The summed E-state index contributed by atoms with van der Waals surface area (Å²) in [6.45, 7) is 6.25. The molecule has 2 nitrogen and oxygen atoms in total. The van der Waals surface area contributed by atoms with E-state index in [1.54, 1.807) is 0 Å². The van der Waals surface area contributed by atoms with Gasteiger partial charge in [0.05, 0.1) is 0 Å². The number of pyridine rings is 1. The summed E-state index contributed by atoms with van der Waals surface area (Å²) in [4.78, 5) is 4.52. The lowest BCUT2D eigenvalue weighted by atomic mass is 10.1. The topological polar surface area (TPSA) is 22.1 Å². The minimum Gasteiger partial charge on any atom is -0.439 e. The third kappa shape index (κ3) is 3.71. The number of benzene rings is 1. The molecule has 0 aliphatic heterocycles. The third-order valence-electron chi connectivity index (χ3n) is 2.84. The molecule has 0 atom stereocenters. The van der Waals surface area contributed by atoms with Crippen molar-refractivity contribution in [2.75, 3.05) is 0 Å². The van der Waals surface area contributed by atoms with Crippen LogP contribution in [0.3, 0.4) is 0 Å². The Bertz CT molecular complexity index is 566. The Morgan fingerprint density at radius 1 is 1.21 bits per heavy atom. The SMILES string of the molecule is Cc1cccc(Oc2cc(CCl)cc(C(C)C)n2)c1. The maximum Gasteiger partial charge on any atom is 0.219 e. The van der Waals surface area contributed by atoms with Gasteiger partial charge in [-0.3, -0.25) is 0 Å². The highest BCUT2D eigenvalue weighted by Gasteiger charge is 2.07. The maximum atomic E-state index is 5.92. The van der Waals surface area contributed by atoms with E-state index < -0.39 is 0 Å². The Balaban J connectivity index is 2.31. The fourth-order valence-corrected chi connectivity index (χ4v) is 1.96. The fourth-order valence-electron chi connectivity index (χ4n) is 1.81. The Kier molecular flexibility index (Phi) is 4.43. The van der Waals surface area contributed by atoms with Gasteiger partial charge in [0.2, 0.25) is 5.88 Å². The smallest absolute Gasteiger partial charge is 0.219 e. The monoisotopic (exact) mass is 275 g/mol. The predicted octanol–water partition coefficient (Wildman–Crippen LogP) is 5.04. The first-order valence-electron chi connectivity index (χ1n) is 6.40. The average Bonchev–Trinajstić information content (AvgIpc) is 2.38. The van der Waals surface area contributed by atoms with Crippen molar-refractivity contribution in [3.05, 3.63) is 53.2 Å². The Labute approximate surface area is 119 Å². The molecular formula is C16H18ClNO. The van der Waals surface area contributed by atoms with Crippen LogP contribution in [0.2, 0.25) is 0 Å². The van der Waals surface area contributed by atoms with Crippen molar-refractivity contribution in [1.29, 1.82) is 0 Å². The fraction of sp³-hybridized carbons (Fsp3) is 0.312. The summed E-state index contributed by atoms with van der Waals surface area (Å²) in [7, 11) is 0. The van der Waals surface area contributed by atoms with Gasteiger partial charge in [-0.2, -0.15) is 0 Å². The van der Waals surface area contributed by atoms with E-state index in [0.717, 1.165) is 22.6 Å². The van der Waals surface area contributed by atoms with Gasteiger partial charge in [-0.05, 0) is 42.2 Å². The lowest BCUT2D eigenvalue weighted by molar-refractivity contribution is 0.458. The van der Waals surface area contributed by atoms with Crippen molar-refractivity contribution >= 4 is 11.6 Å². The second kappa shape index (κ2) is 6.07. The summed E-state index contributed by atoms with van der Waals surface area (Å²) in [5.74, 6) is 2.22. The van der Waals surface area contributed by atoms with E-state index in [1.165, 1.54) is 0 Å². The normalized spacial score (nSPS) is 10.8. The van der Waals surface area contributed by atoms with Crippen LogP contribution in [0.15, 0.2) is 36.4 Å². The van der Waals surface area contributed by atoms with Crippen LogP contribution < -0.4 is 4.74 Å². The quantitative estimate of drug-likeness (QED) is 0.729. The number of alkyl halides is 1. The molecule has 0 aliphatic rings. The first-order valence-corrected chi connectivity index (χ1v) is 6.93. The van der Waals surface area contributed by atoms with Crippen molar-refractivity contribution in [2.45, 2.75) is 32.6 Å². The molecule has 3 heteroatoms. The summed E-state index contributed by atoms with van der Waals surface area (Å²) in [6.07, 6.45) is 0. The van der Waals surface area contributed by atoms with Crippen LogP contribution in [-0.2, 0) is 5.88 Å². The van der Waals surface area contributed by atoms with Gasteiger partial charge in [-0.15, -0.1) is 11.6 Å². The highest BCUT2D eigenvalue weighted by Crippen LogP contribution is 2.25. The van der Waals surface area contributed by atoms with Gasteiger partial charge in [-0.25, -0.2) is 4.98 Å². The summed E-state index contributed by atoms with van der Waals surface area (Å²) in [5.41, 5.74) is 3.19. The van der Waals surface area contributed by atoms with Crippen LogP contribution in [0.5, 0.6) is 11.6 Å². The van der Waals surface area contributed by atoms with E-state index >= 15 is 0 Å². The van der Waals surface area contributed by atoms with Gasteiger partial charge in [0.15, 0.2) is 0 Å². The van der Waals surface area contributed by atoms with E-state index in [-0.39, 0.29) is 0 Å². The number of ether oxygens (including phenoxy) is 1. The van der Waals surface area contributed by atoms with E-state index in [1.807, 2.05) is 43.3 Å². The summed E-state index contributed by atoms with van der Waals surface area (Å²) < 4.78 is 5.82. The van der Waals surface area contributed by atoms with Crippen molar-refractivity contribution in [2.24, 2.45) is 0 Å². The van der Waals surface area contributed by atoms with Gasteiger partial charge in [0, 0.05) is 17.6 Å². The molecule has 2 aromatic rings. The molecule has 1 aromatic heterocycles. The number of aromatic nitrogens is 1. The van der Waals surface area contributed by atoms with Crippen LogP contribution in [0.1, 0.15) is 36.6 Å². The molecule has 1 heterocycles. The highest BCUT2D eigenvalue weighted by atomic mass is 35.5. The van der Waals surface area contributed by atoms with E-state index in [0.29, 0.717) is 17.7 Å². The Morgan fingerprint density at radius 2 is 2.00 bits per heavy atom. The zero-order chi connectivity index (χ0) is 13.8. The molecular weight excluding hydrogens is 258 g/mol. The third-order valence-corrected chi connectivity index (χ3v) is 3.15. The van der Waals surface area contributed by atoms with Gasteiger partial charge < -0.3 is 4.74 Å². The largest absolute Gasteiger partial charge is 0.439 e. The lowest BCUT2D eigenvalue weighted by Crippen LogP contribution is -1.98. The highest BCUT2D eigenvalue weighted by molar-refractivity contribution is 6.17. The van der Waals surface area contributed by atoms with Crippen LogP contribution in [0, 0.1) is 6.92 Å².